The lowest BCUT2D eigenvalue weighted by molar-refractivity contribution is -0.384. The molecule has 0 spiro atoms. The molecule has 1 aromatic carbocycles. The Kier molecular flexibility index (Phi) is 4.04. The number of non-ortho nitro benzene ring substituents is 1. The van der Waals surface area contributed by atoms with Crippen molar-refractivity contribution in [3.05, 3.63) is 39.9 Å². The molecule has 2 N–H and O–H groups in total. The number of rotatable bonds is 4. The first-order chi connectivity index (χ1) is 9.43. The Morgan fingerprint density at radius 1 is 1.50 bits per heavy atom. The van der Waals surface area contributed by atoms with Crippen LogP contribution in [-0.2, 0) is 11.3 Å². The van der Waals surface area contributed by atoms with E-state index >= 15 is 0 Å². The van der Waals surface area contributed by atoms with Gasteiger partial charge in [0, 0.05) is 18.7 Å². The van der Waals surface area contributed by atoms with Gasteiger partial charge in [0.15, 0.2) is 0 Å². The third-order valence-corrected chi connectivity index (χ3v) is 4.07. The van der Waals surface area contributed by atoms with Gasteiger partial charge in [-0.1, -0.05) is 12.1 Å². The molecule has 1 aliphatic heterocycles. The van der Waals surface area contributed by atoms with Gasteiger partial charge in [-0.05, 0) is 38.3 Å². The summed E-state index contributed by atoms with van der Waals surface area (Å²) in [5, 5.41) is 10.8. The molecule has 6 nitrogen and oxygen atoms in total. The van der Waals surface area contributed by atoms with Crippen LogP contribution in [0.15, 0.2) is 24.3 Å². The van der Waals surface area contributed by atoms with Crippen LogP contribution < -0.4 is 5.73 Å². The fourth-order valence-corrected chi connectivity index (χ4v) is 2.70. The van der Waals surface area contributed by atoms with Crippen LogP contribution in [0.4, 0.5) is 5.69 Å². The zero-order chi connectivity index (χ0) is 14.8. The lowest BCUT2D eigenvalue weighted by Gasteiger charge is -2.42. The molecule has 1 saturated heterocycles. The largest absolute Gasteiger partial charge is 0.368 e. The monoisotopic (exact) mass is 277 g/mol. The van der Waals surface area contributed by atoms with E-state index < -0.39 is 10.5 Å². The van der Waals surface area contributed by atoms with Crippen LogP contribution in [0.2, 0.25) is 0 Å². The van der Waals surface area contributed by atoms with Crippen molar-refractivity contribution in [2.24, 2.45) is 5.73 Å². The van der Waals surface area contributed by atoms with E-state index in [9.17, 15) is 14.9 Å². The van der Waals surface area contributed by atoms with Gasteiger partial charge in [-0.15, -0.1) is 0 Å². The Labute approximate surface area is 117 Å². The summed E-state index contributed by atoms with van der Waals surface area (Å²) in [6.45, 7) is 3.13. The highest BCUT2D eigenvalue weighted by molar-refractivity contribution is 5.84. The number of nitrogens with two attached hydrogens (primary N) is 1. The average Bonchev–Trinajstić information content (AvgIpc) is 2.41. The van der Waals surface area contributed by atoms with Gasteiger partial charge in [-0.2, -0.15) is 0 Å². The molecule has 0 aliphatic carbocycles. The normalized spacial score (nSPS) is 23.4. The molecule has 1 amide bonds. The SMILES string of the molecule is C[C@]1(C(N)=O)CCCCN1Cc1cccc([N+](=O)[O-])c1. The molecule has 1 aliphatic rings. The van der Waals surface area contributed by atoms with E-state index in [4.69, 9.17) is 5.73 Å². The molecule has 1 atom stereocenters. The summed E-state index contributed by atoms with van der Waals surface area (Å²) in [5.41, 5.74) is 5.77. The molecule has 0 unspecified atom stereocenters. The topological polar surface area (TPSA) is 89.5 Å². The van der Waals surface area contributed by atoms with Crippen LogP contribution in [0.5, 0.6) is 0 Å². The molecule has 2 rings (SSSR count). The summed E-state index contributed by atoms with van der Waals surface area (Å²) >= 11 is 0. The third-order valence-electron chi connectivity index (χ3n) is 4.07. The Balaban J connectivity index is 2.21. The zero-order valence-electron chi connectivity index (χ0n) is 11.5. The Bertz CT molecular complexity index is 532. The minimum Gasteiger partial charge on any atom is -0.368 e. The quantitative estimate of drug-likeness (QED) is 0.671. The molecular formula is C14H19N3O3. The second-order valence-electron chi connectivity index (χ2n) is 5.44. The zero-order valence-corrected chi connectivity index (χ0v) is 11.5. The number of carbonyl (C=O) groups excluding carboxylic acids is 1. The average molecular weight is 277 g/mol. The van der Waals surface area contributed by atoms with Crippen molar-refractivity contribution < 1.29 is 9.72 Å². The standard InChI is InChI=1S/C14H19N3O3/c1-14(13(15)18)7-2-3-8-16(14)10-11-5-4-6-12(9-11)17(19)20/h4-6,9H,2-3,7-8,10H2,1H3,(H2,15,18)/t14-/m1/s1. The van der Waals surface area contributed by atoms with Crippen molar-refractivity contribution in [1.82, 2.24) is 4.90 Å². The van der Waals surface area contributed by atoms with Crippen molar-refractivity contribution >= 4 is 11.6 Å². The van der Waals surface area contributed by atoms with Gasteiger partial charge in [-0.3, -0.25) is 19.8 Å². The number of primary amides is 1. The van der Waals surface area contributed by atoms with E-state index in [1.165, 1.54) is 6.07 Å². The van der Waals surface area contributed by atoms with Gasteiger partial charge in [0.2, 0.25) is 5.91 Å². The number of nitrogens with zero attached hydrogens (tertiary/aromatic N) is 2. The summed E-state index contributed by atoms with van der Waals surface area (Å²) in [4.78, 5) is 24.1. The highest BCUT2D eigenvalue weighted by Crippen LogP contribution is 2.29. The predicted octanol–water partition coefficient (Wildman–Crippen LogP) is 1.82. The van der Waals surface area contributed by atoms with Gasteiger partial charge in [0.05, 0.1) is 10.5 Å². The van der Waals surface area contributed by atoms with E-state index in [2.05, 4.69) is 0 Å². The smallest absolute Gasteiger partial charge is 0.269 e. The fourth-order valence-electron chi connectivity index (χ4n) is 2.70. The van der Waals surface area contributed by atoms with E-state index in [1.54, 1.807) is 12.1 Å². The summed E-state index contributed by atoms with van der Waals surface area (Å²) < 4.78 is 0. The molecule has 1 heterocycles. The second-order valence-corrected chi connectivity index (χ2v) is 5.44. The number of piperidine rings is 1. The lowest BCUT2D eigenvalue weighted by Crippen LogP contribution is -2.57. The summed E-state index contributed by atoms with van der Waals surface area (Å²) in [6.07, 6.45) is 2.72. The van der Waals surface area contributed by atoms with Gasteiger partial charge in [-0.25, -0.2) is 0 Å². The molecule has 0 aromatic heterocycles. The van der Waals surface area contributed by atoms with Gasteiger partial charge in [0.25, 0.3) is 5.69 Å². The highest BCUT2D eigenvalue weighted by Gasteiger charge is 2.39. The highest BCUT2D eigenvalue weighted by atomic mass is 16.6. The molecule has 0 bridgehead atoms. The van der Waals surface area contributed by atoms with Crippen molar-refractivity contribution in [2.75, 3.05) is 6.54 Å². The van der Waals surface area contributed by atoms with E-state index in [1.807, 2.05) is 17.9 Å². The van der Waals surface area contributed by atoms with E-state index in [-0.39, 0.29) is 11.6 Å². The van der Waals surface area contributed by atoms with Crippen LogP contribution in [0, 0.1) is 10.1 Å². The number of hydrogen-bond acceptors (Lipinski definition) is 4. The minimum atomic E-state index is -0.664. The maximum atomic E-state index is 11.7. The number of carbonyl (C=O) groups is 1. The summed E-state index contributed by atoms with van der Waals surface area (Å²) in [7, 11) is 0. The van der Waals surface area contributed by atoms with Gasteiger partial charge < -0.3 is 5.73 Å². The van der Waals surface area contributed by atoms with Crippen molar-refractivity contribution in [3.8, 4) is 0 Å². The maximum absolute atomic E-state index is 11.7. The van der Waals surface area contributed by atoms with Gasteiger partial charge in [0.1, 0.15) is 0 Å². The Hall–Kier alpha value is -1.95. The summed E-state index contributed by atoms with van der Waals surface area (Å²) in [5.74, 6) is -0.331. The minimum absolute atomic E-state index is 0.0697. The van der Waals surface area contributed by atoms with Crippen LogP contribution in [0.1, 0.15) is 31.7 Å². The molecule has 6 heteroatoms. The number of hydrogen-bond donors (Lipinski definition) is 1. The predicted molar refractivity (Wildman–Crippen MR) is 75.0 cm³/mol. The molecule has 108 valence electrons. The van der Waals surface area contributed by atoms with Crippen LogP contribution in [0.3, 0.4) is 0 Å². The molecular weight excluding hydrogens is 258 g/mol. The number of amides is 1. The molecule has 0 saturated carbocycles. The number of nitro groups is 1. The lowest BCUT2D eigenvalue weighted by atomic mass is 9.87. The van der Waals surface area contributed by atoms with Crippen LogP contribution >= 0.6 is 0 Å². The van der Waals surface area contributed by atoms with E-state index in [0.717, 1.165) is 31.4 Å². The van der Waals surface area contributed by atoms with Crippen molar-refractivity contribution in [2.45, 2.75) is 38.3 Å². The first kappa shape index (κ1) is 14.5. The summed E-state index contributed by atoms with van der Waals surface area (Å²) in [6, 6.07) is 6.52. The number of nitro benzene ring substituents is 1. The van der Waals surface area contributed by atoms with Crippen LogP contribution in [-0.4, -0.2) is 27.8 Å². The molecule has 0 radical (unpaired) electrons. The first-order valence-electron chi connectivity index (χ1n) is 6.72. The Morgan fingerprint density at radius 3 is 2.90 bits per heavy atom. The molecule has 1 aromatic rings. The first-order valence-corrected chi connectivity index (χ1v) is 6.72. The third kappa shape index (κ3) is 2.80. The van der Waals surface area contributed by atoms with E-state index in [0.29, 0.717) is 6.54 Å². The van der Waals surface area contributed by atoms with Crippen molar-refractivity contribution in [3.63, 3.8) is 0 Å². The second kappa shape index (κ2) is 5.58. The van der Waals surface area contributed by atoms with Crippen LogP contribution in [0.25, 0.3) is 0 Å². The number of benzene rings is 1. The van der Waals surface area contributed by atoms with Crippen molar-refractivity contribution in [1.29, 1.82) is 0 Å². The maximum Gasteiger partial charge on any atom is 0.269 e. The fraction of sp³-hybridized carbons (Fsp3) is 0.500. The molecule has 20 heavy (non-hydrogen) atoms. The van der Waals surface area contributed by atoms with Gasteiger partial charge >= 0.3 is 0 Å². The Morgan fingerprint density at radius 2 is 2.25 bits per heavy atom. The molecule has 1 fully saturated rings. The number of likely N-dealkylation sites (tertiary alicyclic amines) is 1.